The number of halogens is 1. The van der Waals surface area contributed by atoms with Crippen LogP contribution in [-0.4, -0.2) is 17.6 Å². The molecule has 1 N–H and O–H groups in total. The van der Waals surface area contributed by atoms with Crippen LogP contribution < -0.4 is 4.90 Å². The van der Waals surface area contributed by atoms with Gasteiger partial charge < -0.3 is 10.0 Å². The van der Waals surface area contributed by atoms with Crippen LogP contribution in [0.4, 0.5) is 10.1 Å². The second kappa shape index (κ2) is 5.20. The van der Waals surface area contributed by atoms with Crippen LogP contribution >= 0.6 is 0 Å². The second-order valence-corrected chi connectivity index (χ2v) is 5.33. The largest absolute Gasteiger partial charge is 0.507 e. The molecule has 0 saturated heterocycles. The Bertz CT molecular complexity index is 692. The number of aryl methyl sites for hydroxylation is 2. The third-order valence-corrected chi connectivity index (χ3v) is 3.80. The standard InChI is InChI=1S/C17H16FNO2/c1-11-7-8-14-12(10-11)4-3-9-19(14)17(21)16-13(18)5-2-6-15(16)20/h2,5-8,10,20H,3-4,9H2,1H3. The van der Waals surface area contributed by atoms with Crippen molar-refractivity contribution in [2.45, 2.75) is 19.8 Å². The number of carbonyl (C=O) groups excluding carboxylic acids is 1. The van der Waals surface area contributed by atoms with Gasteiger partial charge in [-0.05, 0) is 43.5 Å². The van der Waals surface area contributed by atoms with Crippen LogP contribution in [0.25, 0.3) is 0 Å². The fourth-order valence-electron chi connectivity index (χ4n) is 2.80. The molecule has 2 aromatic carbocycles. The van der Waals surface area contributed by atoms with Crippen molar-refractivity contribution < 1.29 is 14.3 Å². The number of rotatable bonds is 1. The first kappa shape index (κ1) is 13.6. The molecule has 0 aliphatic carbocycles. The van der Waals surface area contributed by atoms with Gasteiger partial charge in [-0.1, -0.05) is 23.8 Å². The van der Waals surface area contributed by atoms with Gasteiger partial charge >= 0.3 is 0 Å². The molecule has 0 spiro atoms. The monoisotopic (exact) mass is 285 g/mol. The lowest BCUT2D eigenvalue weighted by Gasteiger charge is -2.30. The highest BCUT2D eigenvalue weighted by Crippen LogP contribution is 2.31. The maximum Gasteiger partial charge on any atom is 0.265 e. The number of aromatic hydroxyl groups is 1. The molecule has 3 rings (SSSR count). The first-order valence-electron chi connectivity index (χ1n) is 6.97. The lowest BCUT2D eigenvalue weighted by molar-refractivity contribution is 0.0978. The molecule has 0 fully saturated rings. The van der Waals surface area contributed by atoms with Crippen molar-refractivity contribution in [2.75, 3.05) is 11.4 Å². The fourth-order valence-corrected chi connectivity index (χ4v) is 2.80. The zero-order chi connectivity index (χ0) is 15.0. The summed E-state index contributed by atoms with van der Waals surface area (Å²) in [5.41, 5.74) is 2.77. The number of amides is 1. The number of nitrogens with zero attached hydrogens (tertiary/aromatic N) is 1. The number of anilines is 1. The van der Waals surface area contributed by atoms with E-state index in [-0.39, 0.29) is 11.3 Å². The van der Waals surface area contributed by atoms with E-state index in [0.717, 1.165) is 29.7 Å². The van der Waals surface area contributed by atoms with Crippen molar-refractivity contribution in [1.29, 1.82) is 0 Å². The summed E-state index contributed by atoms with van der Waals surface area (Å²) in [6.07, 6.45) is 1.74. The van der Waals surface area contributed by atoms with Crippen LogP contribution in [0.2, 0.25) is 0 Å². The maximum atomic E-state index is 13.9. The molecule has 2 aromatic rings. The first-order valence-corrected chi connectivity index (χ1v) is 6.97. The number of phenols is 1. The van der Waals surface area contributed by atoms with Crippen LogP contribution in [-0.2, 0) is 6.42 Å². The van der Waals surface area contributed by atoms with Gasteiger partial charge in [0.25, 0.3) is 5.91 Å². The maximum absolute atomic E-state index is 13.9. The summed E-state index contributed by atoms with van der Waals surface area (Å²) in [5, 5.41) is 9.80. The van der Waals surface area contributed by atoms with E-state index >= 15 is 0 Å². The topological polar surface area (TPSA) is 40.5 Å². The molecule has 0 radical (unpaired) electrons. The van der Waals surface area contributed by atoms with E-state index in [4.69, 9.17) is 0 Å². The Hall–Kier alpha value is -2.36. The zero-order valence-electron chi connectivity index (χ0n) is 11.8. The van der Waals surface area contributed by atoms with E-state index in [1.807, 2.05) is 19.1 Å². The molecule has 1 amide bonds. The minimum absolute atomic E-state index is 0.258. The third-order valence-electron chi connectivity index (χ3n) is 3.80. The number of phenolic OH excluding ortho intramolecular Hbond substituents is 1. The summed E-state index contributed by atoms with van der Waals surface area (Å²) in [6, 6.07) is 9.78. The van der Waals surface area contributed by atoms with Crippen LogP contribution in [0.15, 0.2) is 36.4 Å². The van der Waals surface area contributed by atoms with Crippen molar-refractivity contribution in [2.24, 2.45) is 0 Å². The highest BCUT2D eigenvalue weighted by atomic mass is 19.1. The van der Waals surface area contributed by atoms with Crippen LogP contribution in [0.3, 0.4) is 0 Å². The van der Waals surface area contributed by atoms with E-state index in [1.54, 1.807) is 4.90 Å². The van der Waals surface area contributed by atoms with Crippen LogP contribution in [0.1, 0.15) is 27.9 Å². The normalized spacial score (nSPS) is 13.9. The summed E-state index contributed by atoms with van der Waals surface area (Å²) in [7, 11) is 0. The van der Waals surface area contributed by atoms with Gasteiger partial charge in [-0.25, -0.2) is 4.39 Å². The second-order valence-electron chi connectivity index (χ2n) is 5.33. The number of benzene rings is 2. The summed E-state index contributed by atoms with van der Waals surface area (Å²) in [4.78, 5) is 14.2. The van der Waals surface area contributed by atoms with Gasteiger partial charge in [-0.2, -0.15) is 0 Å². The van der Waals surface area contributed by atoms with Crippen molar-refractivity contribution in [3.05, 3.63) is 58.9 Å². The average Bonchev–Trinajstić information content (AvgIpc) is 2.46. The molecular weight excluding hydrogens is 269 g/mol. The fraction of sp³-hybridized carbons (Fsp3) is 0.235. The zero-order valence-corrected chi connectivity index (χ0v) is 11.8. The van der Waals surface area contributed by atoms with E-state index in [9.17, 15) is 14.3 Å². The average molecular weight is 285 g/mol. The predicted molar refractivity (Wildman–Crippen MR) is 79.2 cm³/mol. The molecule has 21 heavy (non-hydrogen) atoms. The molecule has 0 aromatic heterocycles. The van der Waals surface area contributed by atoms with E-state index < -0.39 is 11.7 Å². The van der Waals surface area contributed by atoms with E-state index in [1.165, 1.54) is 18.2 Å². The lowest BCUT2D eigenvalue weighted by Crippen LogP contribution is -2.36. The summed E-state index contributed by atoms with van der Waals surface area (Å²) in [5.74, 6) is -1.51. The molecule has 0 atom stereocenters. The Morgan fingerprint density at radius 1 is 1.29 bits per heavy atom. The number of hydrogen-bond acceptors (Lipinski definition) is 2. The van der Waals surface area contributed by atoms with Crippen molar-refractivity contribution in [1.82, 2.24) is 0 Å². The minimum atomic E-state index is -0.695. The lowest BCUT2D eigenvalue weighted by atomic mass is 9.98. The predicted octanol–water partition coefficient (Wildman–Crippen LogP) is 3.43. The summed E-state index contributed by atoms with van der Waals surface area (Å²) >= 11 is 0. The van der Waals surface area contributed by atoms with E-state index in [0.29, 0.717) is 6.54 Å². The summed E-state index contributed by atoms with van der Waals surface area (Å²) in [6.45, 7) is 2.53. The highest BCUT2D eigenvalue weighted by molar-refractivity contribution is 6.08. The summed E-state index contributed by atoms with van der Waals surface area (Å²) < 4.78 is 13.9. The van der Waals surface area contributed by atoms with Crippen LogP contribution in [0, 0.1) is 12.7 Å². The Kier molecular flexibility index (Phi) is 3.37. The van der Waals surface area contributed by atoms with Crippen LogP contribution in [0.5, 0.6) is 5.75 Å². The van der Waals surface area contributed by atoms with Gasteiger partial charge in [0.15, 0.2) is 0 Å². The van der Waals surface area contributed by atoms with Gasteiger partial charge in [0.05, 0.1) is 0 Å². The molecule has 0 saturated carbocycles. The minimum Gasteiger partial charge on any atom is -0.507 e. The SMILES string of the molecule is Cc1ccc2c(c1)CCCN2C(=O)c1c(O)cccc1F. The van der Waals surface area contributed by atoms with Crippen molar-refractivity contribution in [3.63, 3.8) is 0 Å². The molecule has 1 aliphatic rings. The molecule has 4 heteroatoms. The third kappa shape index (κ3) is 2.37. The number of fused-ring (bicyclic) bond motifs is 1. The number of hydrogen-bond donors (Lipinski definition) is 1. The van der Waals surface area contributed by atoms with Gasteiger partial charge in [0.1, 0.15) is 17.1 Å². The quantitative estimate of drug-likeness (QED) is 0.872. The van der Waals surface area contributed by atoms with Crippen molar-refractivity contribution >= 4 is 11.6 Å². The molecule has 3 nitrogen and oxygen atoms in total. The molecule has 108 valence electrons. The molecular formula is C17H16FNO2. The van der Waals surface area contributed by atoms with Gasteiger partial charge in [-0.15, -0.1) is 0 Å². The molecule has 1 aliphatic heterocycles. The first-order chi connectivity index (χ1) is 10.1. The van der Waals surface area contributed by atoms with Gasteiger partial charge in [0.2, 0.25) is 0 Å². The number of carbonyl (C=O) groups is 1. The Morgan fingerprint density at radius 3 is 2.86 bits per heavy atom. The Morgan fingerprint density at radius 2 is 2.10 bits per heavy atom. The van der Waals surface area contributed by atoms with E-state index in [2.05, 4.69) is 6.07 Å². The smallest absolute Gasteiger partial charge is 0.265 e. The van der Waals surface area contributed by atoms with Gasteiger partial charge in [-0.3, -0.25) is 4.79 Å². The van der Waals surface area contributed by atoms with Crippen molar-refractivity contribution in [3.8, 4) is 5.75 Å². The molecule has 0 unspecified atom stereocenters. The Labute approximate surface area is 122 Å². The Balaban J connectivity index is 2.05. The highest BCUT2D eigenvalue weighted by Gasteiger charge is 2.27. The molecule has 1 heterocycles. The molecule has 0 bridgehead atoms. The van der Waals surface area contributed by atoms with Gasteiger partial charge in [0, 0.05) is 12.2 Å².